The molecular formula is C13H8F2N4O2. The highest BCUT2D eigenvalue weighted by Crippen LogP contribution is 2.22. The molecule has 0 radical (unpaired) electrons. The van der Waals surface area contributed by atoms with Crippen LogP contribution in [0.3, 0.4) is 0 Å². The topological polar surface area (TPSA) is 82.5 Å². The molecule has 0 aliphatic carbocycles. The molecule has 2 N–H and O–H groups in total. The van der Waals surface area contributed by atoms with E-state index in [-0.39, 0.29) is 23.0 Å². The van der Waals surface area contributed by atoms with Gasteiger partial charge in [-0.2, -0.15) is 0 Å². The number of ether oxygens (including phenoxy) is 1. The molecule has 8 heteroatoms. The summed E-state index contributed by atoms with van der Waals surface area (Å²) in [6.45, 7) is 0. The molecule has 3 rings (SSSR count). The van der Waals surface area contributed by atoms with Crippen molar-refractivity contribution in [2.45, 2.75) is 0 Å². The number of aromatic nitrogens is 3. The Labute approximate surface area is 116 Å². The normalized spacial score (nSPS) is 10.8. The van der Waals surface area contributed by atoms with Gasteiger partial charge in [-0.15, -0.1) is 5.10 Å². The molecule has 0 saturated heterocycles. The van der Waals surface area contributed by atoms with Gasteiger partial charge in [0.05, 0.1) is 6.20 Å². The van der Waals surface area contributed by atoms with E-state index in [1.54, 1.807) is 0 Å². The number of hydrogen-bond acceptors (Lipinski definition) is 4. The maximum Gasteiger partial charge on any atom is 0.410 e. The summed E-state index contributed by atoms with van der Waals surface area (Å²) in [6, 6.07) is 6.73. The van der Waals surface area contributed by atoms with Crippen molar-refractivity contribution in [3.05, 3.63) is 48.2 Å². The van der Waals surface area contributed by atoms with Crippen LogP contribution in [0.2, 0.25) is 0 Å². The zero-order valence-corrected chi connectivity index (χ0v) is 10.5. The van der Waals surface area contributed by atoms with Gasteiger partial charge < -0.3 is 10.5 Å². The number of rotatable bonds is 2. The number of pyridine rings is 1. The predicted octanol–water partition coefficient (Wildman–Crippen LogP) is 2.13. The molecule has 1 aromatic carbocycles. The summed E-state index contributed by atoms with van der Waals surface area (Å²) >= 11 is 0. The summed E-state index contributed by atoms with van der Waals surface area (Å²) in [5, 5.41) is 4.07. The Hall–Kier alpha value is -3.03. The summed E-state index contributed by atoms with van der Waals surface area (Å²) in [5.74, 6) is -1.25. The van der Waals surface area contributed by atoms with Crippen molar-refractivity contribution in [1.82, 2.24) is 14.6 Å². The molecule has 2 heterocycles. The minimum Gasteiger partial charge on any atom is -0.407 e. The lowest BCUT2D eigenvalue weighted by Crippen LogP contribution is -2.17. The van der Waals surface area contributed by atoms with E-state index >= 15 is 0 Å². The summed E-state index contributed by atoms with van der Waals surface area (Å²) in [4.78, 5) is 14.8. The molecule has 0 saturated carbocycles. The minimum absolute atomic E-state index is 0.256. The van der Waals surface area contributed by atoms with Crippen molar-refractivity contribution in [2.75, 3.05) is 0 Å². The monoisotopic (exact) mass is 290 g/mol. The van der Waals surface area contributed by atoms with Gasteiger partial charge in [-0.25, -0.2) is 23.1 Å². The molecule has 0 bridgehead atoms. The lowest BCUT2D eigenvalue weighted by Gasteiger charge is -2.01. The molecular weight excluding hydrogens is 282 g/mol. The fourth-order valence-corrected chi connectivity index (χ4v) is 1.79. The van der Waals surface area contributed by atoms with Crippen LogP contribution in [0.1, 0.15) is 0 Å². The number of amides is 1. The van der Waals surface area contributed by atoms with Crippen LogP contribution in [0, 0.1) is 11.6 Å². The number of primary amides is 1. The number of carbonyl (C=O) groups is 1. The second-order valence-corrected chi connectivity index (χ2v) is 4.15. The van der Waals surface area contributed by atoms with Gasteiger partial charge >= 0.3 is 6.09 Å². The quantitative estimate of drug-likeness (QED) is 0.783. The lowest BCUT2D eigenvalue weighted by molar-refractivity contribution is 0.208. The van der Waals surface area contributed by atoms with Crippen LogP contribution in [-0.2, 0) is 0 Å². The van der Waals surface area contributed by atoms with Crippen LogP contribution >= 0.6 is 0 Å². The highest BCUT2D eigenvalue weighted by Gasteiger charge is 2.13. The Balaban J connectivity index is 2.07. The second-order valence-electron chi connectivity index (χ2n) is 4.15. The minimum atomic E-state index is -1.13. The van der Waals surface area contributed by atoms with E-state index < -0.39 is 11.9 Å². The van der Waals surface area contributed by atoms with E-state index in [0.29, 0.717) is 5.56 Å². The lowest BCUT2D eigenvalue weighted by atomic mass is 10.2. The maximum atomic E-state index is 13.7. The van der Waals surface area contributed by atoms with Gasteiger partial charge in [0, 0.05) is 11.6 Å². The highest BCUT2D eigenvalue weighted by molar-refractivity contribution is 5.69. The van der Waals surface area contributed by atoms with Crippen LogP contribution in [0.5, 0.6) is 5.75 Å². The van der Waals surface area contributed by atoms with E-state index in [4.69, 9.17) is 5.73 Å². The molecule has 3 aromatic rings. The van der Waals surface area contributed by atoms with Gasteiger partial charge in [0.25, 0.3) is 0 Å². The number of nitrogens with two attached hydrogens (primary N) is 1. The molecule has 2 aromatic heterocycles. The first kappa shape index (κ1) is 13.0. The van der Waals surface area contributed by atoms with Crippen LogP contribution in [0.4, 0.5) is 13.6 Å². The fourth-order valence-electron chi connectivity index (χ4n) is 1.79. The Morgan fingerprint density at radius 2 is 1.95 bits per heavy atom. The zero-order chi connectivity index (χ0) is 15.0. The summed E-state index contributed by atoms with van der Waals surface area (Å²) in [6.07, 6.45) is -0.121. The van der Waals surface area contributed by atoms with Crippen molar-refractivity contribution in [2.24, 2.45) is 5.73 Å². The number of fused-ring (bicyclic) bond motifs is 1. The third kappa shape index (κ3) is 2.50. The SMILES string of the molecule is NC(=O)Oc1cc2nc(-c3ccc(F)cc3)nn2cc1F. The predicted molar refractivity (Wildman–Crippen MR) is 68.6 cm³/mol. The maximum absolute atomic E-state index is 13.7. The van der Waals surface area contributed by atoms with Crippen LogP contribution in [0.25, 0.3) is 17.0 Å². The van der Waals surface area contributed by atoms with Crippen molar-refractivity contribution in [3.63, 3.8) is 0 Å². The molecule has 0 spiro atoms. The molecule has 0 aliphatic rings. The van der Waals surface area contributed by atoms with Gasteiger partial charge in [-0.1, -0.05) is 0 Å². The van der Waals surface area contributed by atoms with Crippen molar-refractivity contribution in [3.8, 4) is 17.1 Å². The number of halogens is 2. The summed E-state index contributed by atoms with van der Waals surface area (Å²) in [7, 11) is 0. The summed E-state index contributed by atoms with van der Waals surface area (Å²) in [5.41, 5.74) is 5.67. The van der Waals surface area contributed by atoms with Crippen LogP contribution < -0.4 is 10.5 Å². The Bertz CT molecular complexity index is 830. The third-order valence-corrected chi connectivity index (χ3v) is 2.70. The standard InChI is InChI=1S/C13H8F2N4O2/c14-8-3-1-7(2-4-8)12-17-11-5-10(21-13(16)20)9(15)6-19(11)18-12/h1-6H,(H2,16,20). The fraction of sp³-hybridized carbons (Fsp3) is 0. The van der Waals surface area contributed by atoms with Gasteiger partial charge in [0.2, 0.25) is 0 Å². The van der Waals surface area contributed by atoms with Gasteiger partial charge in [0.15, 0.2) is 23.0 Å². The van der Waals surface area contributed by atoms with Crippen LogP contribution in [0.15, 0.2) is 36.5 Å². The van der Waals surface area contributed by atoms with Crippen LogP contribution in [-0.4, -0.2) is 20.7 Å². The molecule has 106 valence electrons. The first-order valence-corrected chi connectivity index (χ1v) is 5.82. The number of nitrogens with zero attached hydrogens (tertiary/aromatic N) is 3. The van der Waals surface area contributed by atoms with Crippen molar-refractivity contribution < 1.29 is 18.3 Å². The van der Waals surface area contributed by atoms with E-state index in [9.17, 15) is 13.6 Å². The molecule has 0 atom stereocenters. The van der Waals surface area contributed by atoms with Crippen molar-refractivity contribution >= 4 is 11.7 Å². The Kier molecular flexibility index (Phi) is 2.98. The van der Waals surface area contributed by atoms with E-state index in [0.717, 1.165) is 6.20 Å². The number of carbonyl (C=O) groups excluding carboxylic acids is 1. The van der Waals surface area contributed by atoms with Gasteiger partial charge in [-0.05, 0) is 24.3 Å². The highest BCUT2D eigenvalue weighted by atomic mass is 19.1. The summed E-state index contributed by atoms with van der Waals surface area (Å²) < 4.78 is 32.3. The third-order valence-electron chi connectivity index (χ3n) is 2.70. The van der Waals surface area contributed by atoms with E-state index in [1.165, 1.54) is 34.8 Å². The first-order chi connectivity index (χ1) is 10.0. The van der Waals surface area contributed by atoms with Crippen molar-refractivity contribution in [1.29, 1.82) is 0 Å². The first-order valence-electron chi connectivity index (χ1n) is 5.82. The average molecular weight is 290 g/mol. The number of benzene rings is 1. The van der Waals surface area contributed by atoms with E-state index in [1.807, 2.05) is 0 Å². The Morgan fingerprint density at radius 1 is 1.24 bits per heavy atom. The Morgan fingerprint density at radius 3 is 2.62 bits per heavy atom. The zero-order valence-electron chi connectivity index (χ0n) is 10.5. The largest absolute Gasteiger partial charge is 0.410 e. The smallest absolute Gasteiger partial charge is 0.407 e. The average Bonchev–Trinajstić information content (AvgIpc) is 2.82. The molecule has 0 fully saturated rings. The molecule has 21 heavy (non-hydrogen) atoms. The van der Waals surface area contributed by atoms with Gasteiger partial charge in [-0.3, -0.25) is 0 Å². The van der Waals surface area contributed by atoms with Gasteiger partial charge in [0.1, 0.15) is 5.82 Å². The molecule has 0 unspecified atom stereocenters. The molecule has 1 amide bonds. The second kappa shape index (κ2) is 4.82. The number of hydrogen-bond donors (Lipinski definition) is 1. The molecule has 0 aliphatic heterocycles. The van der Waals surface area contributed by atoms with E-state index in [2.05, 4.69) is 14.8 Å². The molecule has 6 nitrogen and oxygen atoms in total.